The Labute approximate surface area is 107 Å². The summed E-state index contributed by atoms with van der Waals surface area (Å²) in [4.78, 5) is 9.90. The van der Waals surface area contributed by atoms with E-state index in [-0.39, 0.29) is 12.0 Å². The first-order valence-electron chi connectivity index (χ1n) is 6.10. The SMILES string of the molecule is CC[C@H](C)[C@@H](C=C[N+](=O)[O-])OCc1ccccc1. The van der Waals surface area contributed by atoms with Crippen LogP contribution in [-0.2, 0) is 11.3 Å². The van der Waals surface area contributed by atoms with Gasteiger partial charge in [0.1, 0.15) is 0 Å². The number of hydrogen-bond donors (Lipinski definition) is 0. The van der Waals surface area contributed by atoms with Crippen LogP contribution in [0.25, 0.3) is 0 Å². The van der Waals surface area contributed by atoms with Gasteiger partial charge in [0.2, 0.25) is 6.20 Å². The zero-order valence-electron chi connectivity index (χ0n) is 10.8. The molecular weight excluding hydrogens is 230 g/mol. The normalized spacial score (nSPS) is 14.6. The molecule has 0 aliphatic rings. The molecule has 1 aromatic rings. The van der Waals surface area contributed by atoms with Gasteiger partial charge in [-0.15, -0.1) is 0 Å². The van der Waals surface area contributed by atoms with Crippen molar-refractivity contribution in [2.24, 2.45) is 5.92 Å². The molecule has 0 radical (unpaired) electrons. The molecule has 1 rings (SSSR count). The van der Waals surface area contributed by atoms with Crippen LogP contribution in [0.15, 0.2) is 42.6 Å². The second-order valence-electron chi connectivity index (χ2n) is 4.27. The third-order valence-corrected chi connectivity index (χ3v) is 2.89. The molecule has 2 atom stereocenters. The van der Waals surface area contributed by atoms with Crippen molar-refractivity contribution in [1.29, 1.82) is 0 Å². The van der Waals surface area contributed by atoms with Gasteiger partial charge in [-0.05, 0) is 11.5 Å². The molecule has 0 unspecified atom stereocenters. The standard InChI is InChI=1S/C14H19NO3/c1-3-12(2)14(9-10-15(16)17)18-11-13-7-5-4-6-8-13/h4-10,12,14H,3,11H2,1-2H3/t12-,14+/m0/s1. The van der Waals surface area contributed by atoms with E-state index in [0.29, 0.717) is 6.61 Å². The van der Waals surface area contributed by atoms with Gasteiger partial charge in [0, 0.05) is 6.08 Å². The largest absolute Gasteiger partial charge is 0.369 e. The molecule has 0 aliphatic carbocycles. The van der Waals surface area contributed by atoms with E-state index in [1.165, 1.54) is 6.08 Å². The summed E-state index contributed by atoms with van der Waals surface area (Å²) in [7, 11) is 0. The van der Waals surface area contributed by atoms with E-state index in [1.807, 2.05) is 44.2 Å². The van der Waals surface area contributed by atoms with Crippen LogP contribution in [0.3, 0.4) is 0 Å². The van der Waals surface area contributed by atoms with Crippen molar-refractivity contribution in [2.75, 3.05) is 0 Å². The topological polar surface area (TPSA) is 52.4 Å². The maximum absolute atomic E-state index is 10.4. The van der Waals surface area contributed by atoms with Gasteiger partial charge in [0.25, 0.3) is 0 Å². The van der Waals surface area contributed by atoms with E-state index < -0.39 is 4.92 Å². The van der Waals surface area contributed by atoms with Crippen molar-refractivity contribution in [2.45, 2.75) is 33.0 Å². The Balaban J connectivity index is 2.59. The maximum Gasteiger partial charge on any atom is 0.233 e. The maximum atomic E-state index is 10.4. The van der Waals surface area contributed by atoms with Gasteiger partial charge in [0.15, 0.2) is 0 Å². The lowest BCUT2D eigenvalue weighted by molar-refractivity contribution is -0.403. The van der Waals surface area contributed by atoms with Crippen molar-refractivity contribution in [3.05, 3.63) is 58.3 Å². The van der Waals surface area contributed by atoms with E-state index in [2.05, 4.69) is 0 Å². The van der Waals surface area contributed by atoms with E-state index in [4.69, 9.17) is 4.74 Å². The zero-order chi connectivity index (χ0) is 13.4. The number of hydrogen-bond acceptors (Lipinski definition) is 3. The van der Waals surface area contributed by atoms with Crippen molar-refractivity contribution >= 4 is 0 Å². The Morgan fingerprint density at radius 3 is 2.61 bits per heavy atom. The molecule has 4 nitrogen and oxygen atoms in total. The van der Waals surface area contributed by atoms with Gasteiger partial charge < -0.3 is 4.74 Å². The Kier molecular flexibility index (Phi) is 6.08. The quantitative estimate of drug-likeness (QED) is 0.549. The predicted octanol–water partition coefficient (Wildman–Crippen LogP) is 3.41. The minimum Gasteiger partial charge on any atom is -0.369 e. The summed E-state index contributed by atoms with van der Waals surface area (Å²) in [5.74, 6) is 0.255. The molecule has 4 heteroatoms. The molecule has 0 aliphatic heterocycles. The lowest BCUT2D eigenvalue weighted by atomic mass is 10.0. The summed E-state index contributed by atoms with van der Waals surface area (Å²) in [6, 6.07) is 9.80. The van der Waals surface area contributed by atoms with Crippen LogP contribution in [0, 0.1) is 16.0 Å². The predicted molar refractivity (Wildman–Crippen MR) is 70.6 cm³/mol. The second kappa shape index (κ2) is 7.61. The van der Waals surface area contributed by atoms with Crippen LogP contribution < -0.4 is 0 Å². The number of nitrogens with zero attached hydrogens (tertiary/aromatic N) is 1. The smallest absolute Gasteiger partial charge is 0.233 e. The van der Waals surface area contributed by atoms with Gasteiger partial charge in [-0.25, -0.2) is 0 Å². The van der Waals surface area contributed by atoms with E-state index in [1.54, 1.807) is 0 Å². The third-order valence-electron chi connectivity index (χ3n) is 2.89. The monoisotopic (exact) mass is 249 g/mol. The van der Waals surface area contributed by atoms with Crippen LogP contribution in [0.1, 0.15) is 25.8 Å². The fraction of sp³-hybridized carbons (Fsp3) is 0.429. The van der Waals surface area contributed by atoms with Crippen LogP contribution in [-0.4, -0.2) is 11.0 Å². The van der Waals surface area contributed by atoms with Crippen molar-refractivity contribution in [3.8, 4) is 0 Å². The minimum absolute atomic E-state index is 0.222. The molecule has 0 fully saturated rings. The molecule has 0 amide bonds. The van der Waals surface area contributed by atoms with Crippen LogP contribution >= 0.6 is 0 Å². The number of nitro groups is 1. The number of benzene rings is 1. The summed E-state index contributed by atoms with van der Waals surface area (Å²) in [6.45, 7) is 4.54. The molecule has 0 N–H and O–H groups in total. The van der Waals surface area contributed by atoms with Crippen LogP contribution in [0.2, 0.25) is 0 Å². The highest BCUT2D eigenvalue weighted by Gasteiger charge is 2.14. The molecule has 0 bridgehead atoms. The number of ether oxygens (including phenoxy) is 1. The fourth-order valence-corrected chi connectivity index (χ4v) is 1.56. The summed E-state index contributed by atoms with van der Waals surface area (Å²) < 4.78 is 5.74. The van der Waals surface area contributed by atoms with Gasteiger partial charge >= 0.3 is 0 Å². The number of rotatable bonds is 7. The zero-order valence-corrected chi connectivity index (χ0v) is 10.8. The van der Waals surface area contributed by atoms with Gasteiger partial charge in [-0.3, -0.25) is 10.1 Å². The summed E-state index contributed by atoms with van der Waals surface area (Å²) >= 11 is 0. The molecule has 0 saturated carbocycles. The molecule has 98 valence electrons. The van der Waals surface area contributed by atoms with Crippen LogP contribution in [0.4, 0.5) is 0 Å². The fourth-order valence-electron chi connectivity index (χ4n) is 1.56. The van der Waals surface area contributed by atoms with Crippen molar-refractivity contribution < 1.29 is 9.66 Å². The molecule has 0 saturated heterocycles. The highest BCUT2D eigenvalue weighted by molar-refractivity contribution is 5.13. The molecule has 18 heavy (non-hydrogen) atoms. The lowest BCUT2D eigenvalue weighted by Crippen LogP contribution is -2.19. The Bertz CT molecular complexity index is 389. The summed E-state index contributed by atoms with van der Waals surface area (Å²) in [5, 5.41) is 10.4. The second-order valence-corrected chi connectivity index (χ2v) is 4.27. The molecule has 0 heterocycles. The Morgan fingerprint density at radius 2 is 2.06 bits per heavy atom. The first kappa shape index (κ1) is 14.4. The van der Waals surface area contributed by atoms with E-state index in [0.717, 1.165) is 18.2 Å². The van der Waals surface area contributed by atoms with E-state index >= 15 is 0 Å². The average Bonchev–Trinajstić information content (AvgIpc) is 2.39. The molecular formula is C14H19NO3. The van der Waals surface area contributed by atoms with Crippen molar-refractivity contribution in [1.82, 2.24) is 0 Å². The van der Waals surface area contributed by atoms with Gasteiger partial charge in [0.05, 0.1) is 17.6 Å². The van der Waals surface area contributed by atoms with Gasteiger partial charge in [-0.1, -0.05) is 50.6 Å². The summed E-state index contributed by atoms with van der Waals surface area (Å²) in [5.41, 5.74) is 1.07. The third kappa shape index (κ3) is 5.10. The summed E-state index contributed by atoms with van der Waals surface area (Å²) in [6.07, 6.45) is 3.18. The van der Waals surface area contributed by atoms with Crippen molar-refractivity contribution in [3.63, 3.8) is 0 Å². The average molecular weight is 249 g/mol. The van der Waals surface area contributed by atoms with Crippen LogP contribution in [0.5, 0.6) is 0 Å². The molecule has 0 aromatic heterocycles. The lowest BCUT2D eigenvalue weighted by Gasteiger charge is -2.19. The highest BCUT2D eigenvalue weighted by Crippen LogP contribution is 2.15. The Morgan fingerprint density at radius 1 is 1.39 bits per heavy atom. The highest BCUT2D eigenvalue weighted by atomic mass is 16.6. The first-order valence-corrected chi connectivity index (χ1v) is 6.10. The van der Waals surface area contributed by atoms with Gasteiger partial charge in [-0.2, -0.15) is 0 Å². The van der Waals surface area contributed by atoms with E-state index in [9.17, 15) is 10.1 Å². The Hall–Kier alpha value is -1.68. The molecule has 0 spiro atoms. The minimum atomic E-state index is -0.457. The molecule has 1 aromatic carbocycles. The first-order chi connectivity index (χ1) is 8.63.